The summed E-state index contributed by atoms with van der Waals surface area (Å²) in [6.07, 6.45) is -4.12. The lowest BCUT2D eigenvalue weighted by Gasteiger charge is -2.21. The van der Waals surface area contributed by atoms with Crippen LogP contribution in [0.2, 0.25) is 0 Å². The molecule has 3 N–H and O–H groups in total. The lowest BCUT2D eigenvalue weighted by Crippen LogP contribution is -2.20. The maximum Gasteiger partial charge on any atom is 0.416 e. The number of nitrogens with two attached hydrogens (primary N) is 1. The van der Waals surface area contributed by atoms with Crippen molar-refractivity contribution >= 4 is 0 Å². The van der Waals surface area contributed by atoms with Crippen LogP contribution in [0.5, 0.6) is 0 Å². The number of hydrogen-bond donors (Lipinski definition) is 2. The second kappa shape index (κ2) is 5.68. The van der Waals surface area contributed by atoms with E-state index in [2.05, 4.69) is 0 Å². The summed E-state index contributed by atoms with van der Waals surface area (Å²) in [5.74, 6) is -0.388. The summed E-state index contributed by atoms with van der Waals surface area (Å²) >= 11 is 0. The topological polar surface area (TPSA) is 59.4 Å². The highest BCUT2D eigenvalue weighted by atomic mass is 19.4. The van der Waals surface area contributed by atoms with Gasteiger partial charge in [0.25, 0.3) is 0 Å². The minimum Gasteiger partial charge on any atom is -0.467 e. The number of aliphatic hydroxyl groups excluding tert-OH is 1. The molecule has 0 spiro atoms. The van der Waals surface area contributed by atoms with Crippen LogP contribution in [-0.2, 0) is 6.18 Å². The number of rotatable bonds is 4. The Kier molecular flexibility index (Phi) is 4.15. The summed E-state index contributed by atoms with van der Waals surface area (Å²) in [7, 11) is 0. The first kappa shape index (κ1) is 14.6. The molecule has 0 radical (unpaired) electrons. The van der Waals surface area contributed by atoms with Gasteiger partial charge in [-0.2, -0.15) is 13.2 Å². The first-order chi connectivity index (χ1) is 9.43. The van der Waals surface area contributed by atoms with Crippen molar-refractivity contribution in [3.05, 3.63) is 59.5 Å². The van der Waals surface area contributed by atoms with Crippen molar-refractivity contribution in [1.82, 2.24) is 0 Å². The minimum atomic E-state index is -4.43. The highest BCUT2D eigenvalue weighted by molar-refractivity contribution is 5.30. The maximum absolute atomic E-state index is 12.7. The first-order valence-electron chi connectivity index (χ1n) is 6.02. The first-order valence-corrected chi connectivity index (χ1v) is 6.02. The molecule has 0 saturated carbocycles. The Morgan fingerprint density at radius 2 is 1.95 bits per heavy atom. The molecule has 2 rings (SSSR count). The van der Waals surface area contributed by atoms with Crippen LogP contribution in [0.3, 0.4) is 0 Å². The van der Waals surface area contributed by atoms with E-state index in [1.54, 1.807) is 12.1 Å². The predicted molar refractivity (Wildman–Crippen MR) is 66.9 cm³/mol. The van der Waals surface area contributed by atoms with Gasteiger partial charge in [-0.15, -0.1) is 0 Å². The summed E-state index contributed by atoms with van der Waals surface area (Å²) < 4.78 is 43.2. The van der Waals surface area contributed by atoms with Crippen LogP contribution >= 0.6 is 0 Å². The Balaban J connectivity index is 2.32. The highest BCUT2D eigenvalue weighted by Crippen LogP contribution is 2.34. The van der Waals surface area contributed by atoms with Crippen LogP contribution < -0.4 is 5.73 Å². The summed E-state index contributed by atoms with van der Waals surface area (Å²) in [6, 6.07) is 7.95. The highest BCUT2D eigenvalue weighted by Gasteiger charge is 2.32. The van der Waals surface area contributed by atoms with Gasteiger partial charge in [0.1, 0.15) is 11.9 Å². The molecule has 3 nitrogen and oxygen atoms in total. The molecule has 2 aromatic rings. The third-order valence-electron chi connectivity index (χ3n) is 3.11. The van der Waals surface area contributed by atoms with Crippen molar-refractivity contribution in [1.29, 1.82) is 0 Å². The fourth-order valence-corrected chi connectivity index (χ4v) is 2.05. The monoisotopic (exact) mass is 285 g/mol. The molecule has 0 aliphatic rings. The Hall–Kier alpha value is -1.79. The largest absolute Gasteiger partial charge is 0.467 e. The van der Waals surface area contributed by atoms with Gasteiger partial charge < -0.3 is 15.3 Å². The summed E-state index contributed by atoms with van der Waals surface area (Å²) in [5, 5.41) is 10.2. The predicted octanol–water partition coefficient (Wildman–Crippen LogP) is 3.07. The number of benzene rings is 1. The molecule has 0 aliphatic heterocycles. The zero-order valence-corrected chi connectivity index (χ0v) is 10.5. The van der Waals surface area contributed by atoms with E-state index in [4.69, 9.17) is 10.2 Å². The van der Waals surface area contributed by atoms with Crippen LogP contribution in [0, 0.1) is 0 Å². The molecule has 0 bridgehead atoms. The van der Waals surface area contributed by atoms with Crippen LogP contribution in [0.25, 0.3) is 0 Å². The maximum atomic E-state index is 12.7. The molecule has 1 aromatic carbocycles. The van der Waals surface area contributed by atoms with Gasteiger partial charge in [0.05, 0.1) is 11.8 Å². The van der Waals surface area contributed by atoms with Crippen molar-refractivity contribution < 1.29 is 22.7 Å². The average molecular weight is 285 g/mol. The van der Waals surface area contributed by atoms with Crippen molar-refractivity contribution in [3.8, 4) is 0 Å². The van der Waals surface area contributed by atoms with E-state index in [-0.39, 0.29) is 12.3 Å². The van der Waals surface area contributed by atoms with Gasteiger partial charge in [-0.1, -0.05) is 18.2 Å². The Bertz CT molecular complexity index is 552. The van der Waals surface area contributed by atoms with E-state index >= 15 is 0 Å². The molecule has 2 unspecified atom stereocenters. The number of aliphatic hydroxyl groups is 1. The molecule has 6 heteroatoms. The van der Waals surface area contributed by atoms with E-state index in [1.165, 1.54) is 18.4 Å². The lowest BCUT2D eigenvalue weighted by molar-refractivity contribution is -0.137. The van der Waals surface area contributed by atoms with E-state index in [9.17, 15) is 18.3 Å². The van der Waals surface area contributed by atoms with Gasteiger partial charge in [0.15, 0.2) is 0 Å². The molecule has 1 heterocycles. The summed E-state index contributed by atoms with van der Waals surface area (Å²) in [6.45, 7) is 0.00315. The van der Waals surface area contributed by atoms with Crippen LogP contribution in [0.15, 0.2) is 47.1 Å². The van der Waals surface area contributed by atoms with Gasteiger partial charge in [-0.25, -0.2) is 0 Å². The third kappa shape index (κ3) is 3.02. The molecular formula is C14H14F3NO2. The standard InChI is InChI=1S/C14H14F3NO2/c15-14(16,17)10-4-1-3-9(7-10)11(8-18)13(19)12-5-2-6-20-12/h1-7,11,13,19H,8,18H2. The van der Waals surface area contributed by atoms with Gasteiger partial charge in [-0.3, -0.25) is 0 Å². The molecule has 2 atom stereocenters. The van der Waals surface area contributed by atoms with E-state index in [0.717, 1.165) is 12.1 Å². The molecule has 108 valence electrons. The number of halogens is 3. The van der Waals surface area contributed by atoms with E-state index < -0.39 is 23.8 Å². The van der Waals surface area contributed by atoms with Crippen molar-refractivity contribution in [2.75, 3.05) is 6.54 Å². The SMILES string of the molecule is NCC(c1cccc(C(F)(F)F)c1)C(O)c1ccco1. The van der Waals surface area contributed by atoms with Crippen LogP contribution in [-0.4, -0.2) is 11.7 Å². The molecular weight excluding hydrogens is 271 g/mol. The second-order valence-electron chi connectivity index (χ2n) is 4.43. The summed E-state index contributed by atoms with van der Waals surface area (Å²) in [4.78, 5) is 0. The normalized spacial score (nSPS) is 15.1. The van der Waals surface area contributed by atoms with Gasteiger partial charge in [-0.05, 0) is 23.8 Å². The molecule has 1 aromatic heterocycles. The van der Waals surface area contributed by atoms with Gasteiger partial charge in [0, 0.05) is 12.5 Å². The number of hydrogen-bond acceptors (Lipinski definition) is 3. The average Bonchev–Trinajstić information content (AvgIpc) is 2.93. The van der Waals surface area contributed by atoms with Crippen LogP contribution in [0.4, 0.5) is 13.2 Å². The summed E-state index contributed by atoms with van der Waals surface area (Å²) in [5.41, 5.74) is 5.15. The zero-order valence-electron chi connectivity index (χ0n) is 10.5. The fraction of sp³-hybridized carbons (Fsp3) is 0.286. The van der Waals surface area contributed by atoms with Gasteiger partial charge >= 0.3 is 6.18 Å². The van der Waals surface area contributed by atoms with Crippen LogP contribution in [0.1, 0.15) is 28.9 Å². The Morgan fingerprint density at radius 3 is 2.50 bits per heavy atom. The van der Waals surface area contributed by atoms with E-state index in [1.807, 2.05) is 0 Å². The van der Waals surface area contributed by atoms with Crippen molar-refractivity contribution in [2.45, 2.75) is 18.2 Å². The molecule has 20 heavy (non-hydrogen) atoms. The zero-order chi connectivity index (χ0) is 14.8. The van der Waals surface area contributed by atoms with Crippen molar-refractivity contribution in [3.63, 3.8) is 0 Å². The number of furan rings is 1. The smallest absolute Gasteiger partial charge is 0.416 e. The fourth-order valence-electron chi connectivity index (χ4n) is 2.05. The molecule has 0 aliphatic carbocycles. The molecule has 0 amide bonds. The Labute approximate surface area is 113 Å². The molecule has 0 fully saturated rings. The third-order valence-corrected chi connectivity index (χ3v) is 3.11. The Morgan fingerprint density at radius 1 is 1.20 bits per heavy atom. The quantitative estimate of drug-likeness (QED) is 0.907. The van der Waals surface area contributed by atoms with Gasteiger partial charge in [0.2, 0.25) is 0 Å². The molecule has 0 saturated heterocycles. The lowest BCUT2D eigenvalue weighted by atomic mass is 9.91. The number of alkyl halides is 3. The van der Waals surface area contributed by atoms with Crippen molar-refractivity contribution in [2.24, 2.45) is 5.73 Å². The second-order valence-corrected chi connectivity index (χ2v) is 4.43. The minimum absolute atomic E-state index is 0.00315. The van der Waals surface area contributed by atoms with E-state index in [0.29, 0.717) is 5.56 Å².